The number of primary sulfonamides is 1. The van der Waals surface area contributed by atoms with Gasteiger partial charge in [-0.05, 0) is 56.3 Å². The van der Waals surface area contributed by atoms with Crippen LogP contribution >= 0.6 is 0 Å². The van der Waals surface area contributed by atoms with E-state index in [4.69, 9.17) is 5.14 Å². The summed E-state index contributed by atoms with van der Waals surface area (Å²) < 4.78 is 22.7. The maximum atomic E-state index is 12.9. The normalized spacial score (nSPS) is 15.3. The molecular formula is C22H26N6O3S. The van der Waals surface area contributed by atoms with Gasteiger partial charge in [-0.3, -0.25) is 9.69 Å². The van der Waals surface area contributed by atoms with E-state index in [0.29, 0.717) is 28.8 Å². The summed E-state index contributed by atoms with van der Waals surface area (Å²) >= 11 is 0. The van der Waals surface area contributed by atoms with E-state index in [1.165, 1.54) is 12.1 Å². The van der Waals surface area contributed by atoms with Crippen LogP contribution in [0.3, 0.4) is 0 Å². The Kier molecular flexibility index (Phi) is 6.09. The van der Waals surface area contributed by atoms with E-state index in [2.05, 4.69) is 34.0 Å². The zero-order valence-electron chi connectivity index (χ0n) is 18.0. The Labute approximate surface area is 187 Å². The Bertz CT molecular complexity index is 1240. The lowest BCUT2D eigenvalue weighted by Crippen LogP contribution is -2.50. The van der Waals surface area contributed by atoms with Crippen molar-refractivity contribution in [1.82, 2.24) is 19.8 Å². The number of hydrogen-bond acceptors (Lipinski definition) is 7. The highest BCUT2D eigenvalue weighted by molar-refractivity contribution is 7.89. The number of fused-ring (bicyclic) bond motifs is 1. The van der Waals surface area contributed by atoms with Gasteiger partial charge >= 0.3 is 0 Å². The van der Waals surface area contributed by atoms with Gasteiger partial charge in [0.1, 0.15) is 0 Å². The van der Waals surface area contributed by atoms with Crippen molar-refractivity contribution in [2.24, 2.45) is 5.14 Å². The van der Waals surface area contributed by atoms with Crippen LogP contribution in [-0.4, -0.2) is 66.3 Å². The van der Waals surface area contributed by atoms with Gasteiger partial charge in [-0.15, -0.1) is 0 Å². The summed E-state index contributed by atoms with van der Waals surface area (Å²) in [5.74, 6) is 0.386. The lowest BCUT2D eigenvalue weighted by Gasteiger charge is -2.37. The number of nitrogens with zero attached hydrogens (tertiary/aromatic N) is 4. The van der Waals surface area contributed by atoms with E-state index in [1.54, 1.807) is 24.4 Å². The molecule has 0 atom stereocenters. The molecule has 3 N–H and O–H groups in total. The van der Waals surface area contributed by atoms with Crippen LogP contribution in [0.1, 0.15) is 24.2 Å². The molecule has 1 amide bonds. The molecular weight excluding hydrogens is 428 g/mol. The van der Waals surface area contributed by atoms with Gasteiger partial charge in [0.15, 0.2) is 0 Å². The monoisotopic (exact) mass is 454 g/mol. The fraction of sp³-hybridized carbons (Fsp3) is 0.318. The minimum absolute atomic E-state index is 0.0208. The smallest absolute Gasteiger partial charge is 0.253 e. The number of benzene rings is 2. The van der Waals surface area contributed by atoms with E-state index >= 15 is 0 Å². The van der Waals surface area contributed by atoms with Crippen molar-refractivity contribution in [3.63, 3.8) is 0 Å². The summed E-state index contributed by atoms with van der Waals surface area (Å²) in [4.78, 5) is 26.0. The third-order valence-corrected chi connectivity index (χ3v) is 6.53. The number of carbonyl (C=O) groups is 1. The molecule has 1 saturated heterocycles. The summed E-state index contributed by atoms with van der Waals surface area (Å²) in [6.07, 6.45) is 1.66. The molecule has 168 valence electrons. The molecule has 2 aromatic carbocycles. The molecule has 0 saturated carbocycles. The quantitative estimate of drug-likeness (QED) is 0.606. The number of hydrogen-bond donors (Lipinski definition) is 2. The van der Waals surface area contributed by atoms with Crippen LogP contribution in [0.15, 0.2) is 53.6 Å². The molecule has 1 aromatic heterocycles. The summed E-state index contributed by atoms with van der Waals surface area (Å²) in [5, 5.41) is 8.93. The number of anilines is 2. The van der Waals surface area contributed by atoms with Crippen LogP contribution in [-0.2, 0) is 10.0 Å². The molecule has 0 spiro atoms. The fourth-order valence-corrected chi connectivity index (χ4v) is 4.22. The topological polar surface area (TPSA) is 122 Å². The fourth-order valence-electron chi connectivity index (χ4n) is 3.71. The standard InChI is InChI=1S/C22H26N6O3S/c1-15(2)27-9-11-28(12-10-27)21(29)16-3-8-20-17(13-16)14-24-22(26-20)25-18-4-6-19(7-5-18)32(23,30)31/h3-8,13-15H,9-12H2,1-2H3,(H2,23,30,31)(H,24,25,26). The predicted molar refractivity (Wildman–Crippen MR) is 123 cm³/mol. The Balaban J connectivity index is 1.47. The summed E-state index contributed by atoms with van der Waals surface area (Å²) in [5.41, 5.74) is 1.95. The van der Waals surface area contributed by atoms with Gasteiger partial charge < -0.3 is 10.2 Å². The number of aromatic nitrogens is 2. The van der Waals surface area contributed by atoms with Crippen LogP contribution < -0.4 is 10.5 Å². The van der Waals surface area contributed by atoms with Crippen LogP contribution in [0, 0.1) is 0 Å². The number of amides is 1. The molecule has 2 heterocycles. The van der Waals surface area contributed by atoms with Crippen LogP contribution in [0.5, 0.6) is 0 Å². The van der Waals surface area contributed by atoms with E-state index in [0.717, 1.165) is 31.6 Å². The third kappa shape index (κ3) is 4.87. The van der Waals surface area contributed by atoms with Gasteiger partial charge in [-0.2, -0.15) is 0 Å². The first kappa shape index (κ1) is 22.1. The Morgan fingerprint density at radius 2 is 1.75 bits per heavy atom. The van der Waals surface area contributed by atoms with E-state index in [1.807, 2.05) is 17.0 Å². The number of sulfonamides is 1. The highest BCUT2D eigenvalue weighted by atomic mass is 32.2. The van der Waals surface area contributed by atoms with Crippen molar-refractivity contribution < 1.29 is 13.2 Å². The van der Waals surface area contributed by atoms with Gasteiger partial charge in [0, 0.05) is 55.1 Å². The summed E-state index contributed by atoms with van der Waals surface area (Å²) in [7, 11) is -3.74. The van der Waals surface area contributed by atoms with Gasteiger partial charge in [0.05, 0.1) is 10.4 Å². The van der Waals surface area contributed by atoms with E-state index < -0.39 is 10.0 Å². The van der Waals surface area contributed by atoms with Crippen LogP contribution in [0.25, 0.3) is 10.9 Å². The summed E-state index contributed by atoms with van der Waals surface area (Å²) in [6.45, 7) is 7.55. The minimum Gasteiger partial charge on any atom is -0.336 e. The third-order valence-electron chi connectivity index (χ3n) is 5.60. The average molecular weight is 455 g/mol. The lowest BCUT2D eigenvalue weighted by molar-refractivity contribution is 0.0595. The zero-order valence-corrected chi connectivity index (χ0v) is 18.8. The van der Waals surface area contributed by atoms with Crippen LogP contribution in [0.2, 0.25) is 0 Å². The molecule has 9 nitrogen and oxygen atoms in total. The zero-order chi connectivity index (χ0) is 22.9. The largest absolute Gasteiger partial charge is 0.336 e. The first-order valence-corrected chi connectivity index (χ1v) is 12.0. The van der Waals surface area contributed by atoms with Gasteiger partial charge in [0.25, 0.3) is 5.91 Å². The second-order valence-electron chi connectivity index (χ2n) is 8.08. The maximum absolute atomic E-state index is 12.9. The minimum atomic E-state index is -3.74. The molecule has 4 rings (SSSR count). The van der Waals surface area contributed by atoms with Gasteiger partial charge in [-0.1, -0.05) is 0 Å². The molecule has 0 aliphatic carbocycles. The molecule has 3 aromatic rings. The van der Waals surface area contributed by atoms with Crippen LogP contribution in [0.4, 0.5) is 11.6 Å². The van der Waals surface area contributed by atoms with E-state index in [9.17, 15) is 13.2 Å². The predicted octanol–water partition coefficient (Wildman–Crippen LogP) is 2.19. The first-order chi connectivity index (χ1) is 15.2. The Hall–Kier alpha value is -3.08. The molecule has 0 bridgehead atoms. The molecule has 0 unspecified atom stereocenters. The SMILES string of the molecule is CC(C)N1CCN(C(=O)c2ccc3nc(Nc4ccc(S(N)(=O)=O)cc4)ncc3c2)CC1. The molecule has 32 heavy (non-hydrogen) atoms. The van der Waals surface area contributed by atoms with Crippen molar-refractivity contribution in [2.45, 2.75) is 24.8 Å². The lowest BCUT2D eigenvalue weighted by atomic mass is 10.1. The molecule has 1 fully saturated rings. The van der Waals surface area contributed by atoms with Gasteiger partial charge in [0.2, 0.25) is 16.0 Å². The number of nitrogens with two attached hydrogens (primary N) is 1. The Morgan fingerprint density at radius 1 is 1.06 bits per heavy atom. The molecule has 1 aliphatic rings. The average Bonchev–Trinajstić information content (AvgIpc) is 2.78. The van der Waals surface area contributed by atoms with Crippen molar-refractivity contribution in [1.29, 1.82) is 0 Å². The highest BCUT2D eigenvalue weighted by Crippen LogP contribution is 2.20. The number of nitrogens with one attached hydrogen (secondary N) is 1. The van der Waals surface area contributed by atoms with Crippen molar-refractivity contribution in [2.75, 3.05) is 31.5 Å². The number of rotatable bonds is 5. The molecule has 10 heteroatoms. The Morgan fingerprint density at radius 3 is 2.38 bits per heavy atom. The maximum Gasteiger partial charge on any atom is 0.253 e. The van der Waals surface area contributed by atoms with E-state index in [-0.39, 0.29) is 10.8 Å². The highest BCUT2D eigenvalue weighted by Gasteiger charge is 2.23. The second kappa shape index (κ2) is 8.81. The van der Waals surface area contributed by atoms with Crippen molar-refractivity contribution in [3.8, 4) is 0 Å². The molecule has 0 radical (unpaired) electrons. The van der Waals surface area contributed by atoms with Crippen molar-refractivity contribution >= 4 is 38.5 Å². The first-order valence-electron chi connectivity index (χ1n) is 10.4. The van der Waals surface area contributed by atoms with Crippen molar-refractivity contribution in [3.05, 3.63) is 54.2 Å². The van der Waals surface area contributed by atoms with Gasteiger partial charge in [-0.25, -0.2) is 23.5 Å². The summed E-state index contributed by atoms with van der Waals surface area (Å²) in [6, 6.07) is 11.9. The molecule has 1 aliphatic heterocycles. The number of piperazine rings is 1. The second-order valence-corrected chi connectivity index (χ2v) is 9.64. The number of carbonyl (C=O) groups excluding carboxylic acids is 1.